The molecule has 3 fully saturated rings. The Bertz CT molecular complexity index is 1710. The molecule has 0 bridgehead atoms. The molecule has 216 valence electrons. The number of fused-ring (bicyclic) bond motifs is 8. The van der Waals surface area contributed by atoms with Crippen LogP contribution >= 0.6 is 27.3 Å². The van der Waals surface area contributed by atoms with Crippen LogP contribution in [0.25, 0.3) is 21.3 Å². The highest BCUT2D eigenvalue weighted by Crippen LogP contribution is 2.66. The smallest absolute Gasteiger partial charge is 0.205 e. The van der Waals surface area contributed by atoms with Gasteiger partial charge in [0.25, 0.3) is 0 Å². The normalized spacial score (nSPS) is 31.7. The van der Waals surface area contributed by atoms with Crippen LogP contribution in [0, 0.1) is 29.1 Å². The Labute approximate surface area is 261 Å². The van der Waals surface area contributed by atoms with Gasteiger partial charge in [-0.3, -0.25) is 4.79 Å². The standard InChI is InChI=1S/C37H39BrN2OS/c1-36-18-7-6-10-23(36)13-16-25-27(36)17-19-37(2)28(25)20-26-29(21-8-4-3-5-9-21)30-31(39)33(42-35(30)40-34(26)37)32(41)22-11-14-24(38)15-12-22/h3-5,8-9,11-12,14-15,23,25,27-28H,6-7,10,13,16-20,39H2,1-2H3/t23-,25-,27+,28+,36+,37+/m1/s1. The lowest BCUT2D eigenvalue weighted by atomic mass is 9.45. The molecular formula is C37H39BrN2OS. The van der Waals surface area contributed by atoms with Gasteiger partial charge in [0.05, 0.1) is 11.4 Å². The zero-order valence-corrected chi connectivity index (χ0v) is 27.0. The van der Waals surface area contributed by atoms with Crippen molar-refractivity contribution in [3.63, 3.8) is 0 Å². The van der Waals surface area contributed by atoms with Crippen LogP contribution in [-0.2, 0) is 11.8 Å². The van der Waals surface area contributed by atoms with Crippen LogP contribution in [0.4, 0.5) is 5.69 Å². The van der Waals surface area contributed by atoms with E-state index in [4.69, 9.17) is 10.7 Å². The first-order valence-electron chi connectivity index (χ1n) is 15.9. The molecule has 5 heteroatoms. The highest BCUT2D eigenvalue weighted by atomic mass is 79.9. The summed E-state index contributed by atoms with van der Waals surface area (Å²) in [6.45, 7) is 5.18. The van der Waals surface area contributed by atoms with Gasteiger partial charge in [-0.2, -0.15) is 0 Å². The molecule has 2 aromatic heterocycles. The van der Waals surface area contributed by atoms with Crippen molar-refractivity contribution in [1.29, 1.82) is 0 Å². The summed E-state index contributed by atoms with van der Waals surface area (Å²) in [4.78, 5) is 20.7. The third-order valence-corrected chi connectivity index (χ3v) is 13.9. The first-order chi connectivity index (χ1) is 20.3. The van der Waals surface area contributed by atoms with Crippen LogP contribution in [-0.4, -0.2) is 10.8 Å². The van der Waals surface area contributed by atoms with Gasteiger partial charge in [-0.15, -0.1) is 11.3 Å². The van der Waals surface area contributed by atoms with E-state index in [9.17, 15) is 4.79 Å². The van der Waals surface area contributed by atoms with E-state index >= 15 is 0 Å². The second-order valence-electron chi connectivity index (χ2n) is 14.1. The third kappa shape index (κ3) is 3.81. The number of rotatable bonds is 3. The lowest BCUT2D eigenvalue weighted by molar-refractivity contribution is -0.0907. The molecule has 3 saturated carbocycles. The third-order valence-electron chi connectivity index (χ3n) is 12.3. The fourth-order valence-corrected chi connectivity index (χ4v) is 11.5. The molecule has 42 heavy (non-hydrogen) atoms. The molecule has 0 aliphatic heterocycles. The van der Waals surface area contributed by atoms with Gasteiger partial charge in [-0.1, -0.05) is 73.0 Å². The maximum atomic E-state index is 13.7. The average molecular weight is 640 g/mol. The highest BCUT2D eigenvalue weighted by Gasteiger charge is 2.59. The van der Waals surface area contributed by atoms with Crippen LogP contribution in [0.2, 0.25) is 0 Å². The summed E-state index contributed by atoms with van der Waals surface area (Å²) in [6.07, 6.45) is 12.1. The Morgan fingerprint density at radius 2 is 1.74 bits per heavy atom. The minimum Gasteiger partial charge on any atom is -0.397 e. The SMILES string of the molecule is C[C@]12CCCC[C@@H]1CC[C@@H]1[C@@H]2CC[C@]2(C)c3nc4sc(C(=O)c5ccc(Br)cc5)c(N)c4c(-c4ccccc4)c3C[C@@H]12. The van der Waals surface area contributed by atoms with Crippen LogP contribution in [0.5, 0.6) is 0 Å². The van der Waals surface area contributed by atoms with Crippen molar-refractivity contribution < 1.29 is 4.79 Å². The Kier molecular flexibility index (Phi) is 6.29. The van der Waals surface area contributed by atoms with Crippen molar-refractivity contribution in [2.24, 2.45) is 29.1 Å². The number of nitrogen functional groups attached to an aromatic ring is 1. The molecule has 6 atom stereocenters. The Balaban J connectivity index is 1.28. The average Bonchev–Trinajstić information content (AvgIpc) is 3.49. The lowest BCUT2D eigenvalue weighted by Crippen LogP contribution is -2.53. The van der Waals surface area contributed by atoms with Crippen LogP contribution < -0.4 is 5.73 Å². The largest absolute Gasteiger partial charge is 0.397 e. The predicted molar refractivity (Wildman–Crippen MR) is 177 cm³/mol. The highest BCUT2D eigenvalue weighted by molar-refractivity contribution is 9.10. The number of ketones is 1. The van der Waals surface area contributed by atoms with Crippen LogP contribution in [0.15, 0.2) is 59.1 Å². The Morgan fingerprint density at radius 3 is 2.52 bits per heavy atom. The van der Waals surface area contributed by atoms with Crippen LogP contribution in [0.3, 0.4) is 0 Å². The molecule has 4 aromatic rings. The molecule has 2 aromatic carbocycles. The molecule has 2 heterocycles. The number of carbonyl (C=O) groups is 1. The number of pyridine rings is 1. The van der Waals surface area contributed by atoms with E-state index in [0.717, 1.165) is 38.9 Å². The monoisotopic (exact) mass is 638 g/mol. The summed E-state index contributed by atoms with van der Waals surface area (Å²) in [5.41, 5.74) is 13.9. The van der Waals surface area contributed by atoms with Crippen molar-refractivity contribution in [3.05, 3.63) is 80.8 Å². The van der Waals surface area contributed by atoms with E-state index in [2.05, 4.69) is 60.1 Å². The summed E-state index contributed by atoms with van der Waals surface area (Å²) in [6, 6.07) is 18.3. The number of anilines is 1. The number of nitrogens with zero attached hydrogens (tertiary/aromatic N) is 1. The predicted octanol–water partition coefficient (Wildman–Crippen LogP) is 9.99. The van der Waals surface area contributed by atoms with E-state index in [-0.39, 0.29) is 11.2 Å². The quantitative estimate of drug-likeness (QED) is 0.227. The number of benzene rings is 2. The molecule has 0 amide bonds. The van der Waals surface area contributed by atoms with E-state index in [0.29, 0.717) is 27.5 Å². The molecular weight excluding hydrogens is 600 g/mol. The molecule has 4 aliphatic carbocycles. The molecule has 0 unspecified atom stereocenters. The molecule has 2 N–H and O–H groups in total. The summed E-state index contributed by atoms with van der Waals surface area (Å²) in [5.74, 6) is 3.13. The summed E-state index contributed by atoms with van der Waals surface area (Å²) >= 11 is 4.97. The minimum atomic E-state index is -0.0238. The van der Waals surface area contributed by atoms with Gasteiger partial charge in [0.15, 0.2) is 0 Å². The van der Waals surface area contributed by atoms with Crippen molar-refractivity contribution in [1.82, 2.24) is 4.98 Å². The number of hydrogen-bond donors (Lipinski definition) is 1. The summed E-state index contributed by atoms with van der Waals surface area (Å²) in [7, 11) is 0. The van der Waals surface area contributed by atoms with Crippen molar-refractivity contribution in [2.45, 2.75) is 77.0 Å². The van der Waals surface area contributed by atoms with E-state index in [1.54, 1.807) is 0 Å². The topological polar surface area (TPSA) is 56.0 Å². The molecule has 8 rings (SSSR count). The maximum Gasteiger partial charge on any atom is 0.205 e. The lowest BCUT2D eigenvalue weighted by Gasteiger charge is -2.59. The van der Waals surface area contributed by atoms with Gasteiger partial charge in [0, 0.05) is 20.8 Å². The number of hydrogen-bond acceptors (Lipinski definition) is 4. The van der Waals surface area contributed by atoms with Gasteiger partial charge < -0.3 is 5.73 Å². The van der Waals surface area contributed by atoms with E-state index < -0.39 is 0 Å². The molecule has 0 radical (unpaired) electrons. The zero-order valence-electron chi connectivity index (χ0n) is 24.6. The van der Waals surface area contributed by atoms with Gasteiger partial charge in [-0.25, -0.2) is 4.98 Å². The summed E-state index contributed by atoms with van der Waals surface area (Å²) < 4.78 is 0.955. The Morgan fingerprint density at radius 1 is 0.952 bits per heavy atom. The van der Waals surface area contributed by atoms with E-state index in [1.165, 1.54) is 85.1 Å². The second kappa shape index (κ2) is 9.75. The maximum absolute atomic E-state index is 13.7. The minimum absolute atomic E-state index is 0.0238. The molecule has 0 spiro atoms. The van der Waals surface area contributed by atoms with Crippen molar-refractivity contribution in [2.75, 3.05) is 5.73 Å². The van der Waals surface area contributed by atoms with Crippen LogP contribution in [0.1, 0.15) is 91.7 Å². The van der Waals surface area contributed by atoms with E-state index in [1.807, 2.05) is 24.3 Å². The number of nitrogens with two attached hydrogens (primary N) is 1. The van der Waals surface area contributed by atoms with Crippen molar-refractivity contribution >= 4 is 49.0 Å². The summed E-state index contributed by atoms with van der Waals surface area (Å²) in [5, 5.41) is 0.979. The second-order valence-corrected chi connectivity index (χ2v) is 16.0. The van der Waals surface area contributed by atoms with Gasteiger partial charge in [0.1, 0.15) is 9.71 Å². The number of aromatic nitrogens is 1. The fraction of sp³-hybridized carbons (Fsp3) is 0.459. The number of halogens is 1. The fourth-order valence-electron chi connectivity index (χ4n) is 10.2. The van der Waals surface area contributed by atoms with Gasteiger partial charge in [-0.05, 0) is 115 Å². The first kappa shape index (κ1) is 27.1. The zero-order chi connectivity index (χ0) is 28.8. The Hall–Kier alpha value is -2.50. The van der Waals surface area contributed by atoms with Gasteiger partial charge >= 0.3 is 0 Å². The number of carbonyl (C=O) groups excluding carboxylic acids is 1. The van der Waals surface area contributed by atoms with Gasteiger partial charge in [0.2, 0.25) is 5.78 Å². The molecule has 0 saturated heterocycles. The molecule has 3 nitrogen and oxygen atoms in total. The first-order valence-corrected chi connectivity index (χ1v) is 17.5. The number of thiophene rings is 1. The molecule has 4 aliphatic rings. The van der Waals surface area contributed by atoms with Crippen molar-refractivity contribution in [3.8, 4) is 11.1 Å².